The van der Waals surface area contributed by atoms with E-state index in [1.165, 1.54) is 6.07 Å². The summed E-state index contributed by atoms with van der Waals surface area (Å²) in [6.07, 6.45) is 0.840. The molecule has 0 heterocycles. The van der Waals surface area contributed by atoms with E-state index in [1.807, 2.05) is 6.92 Å². The Balaban J connectivity index is 2.66. The van der Waals surface area contributed by atoms with Gasteiger partial charge in [0, 0.05) is 12.1 Å². The predicted molar refractivity (Wildman–Crippen MR) is 75.2 cm³/mol. The van der Waals surface area contributed by atoms with Crippen molar-refractivity contribution in [3.63, 3.8) is 0 Å². The van der Waals surface area contributed by atoms with Crippen LogP contribution in [0.5, 0.6) is 0 Å². The van der Waals surface area contributed by atoms with Crippen molar-refractivity contribution in [1.29, 1.82) is 0 Å². The lowest BCUT2D eigenvalue weighted by molar-refractivity contribution is -0.122. The second kappa shape index (κ2) is 6.66. The second-order valence-electron chi connectivity index (χ2n) is 5.68. The van der Waals surface area contributed by atoms with Crippen LogP contribution < -0.4 is 11.1 Å². The molecular formula is C15H23FN2O. The fraction of sp³-hybridized carbons (Fsp3) is 0.533. The van der Waals surface area contributed by atoms with Gasteiger partial charge in [-0.15, -0.1) is 0 Å². The van der Waals surface area contributed by atoms with Crippen molar-refractivity contribution in [1.82, 2.24) is 5.32 Å². The summed E-state index contributed by atoms with van der Waals surface area (Å²) in [5.41, 5.74) is 5.71. The van der Waals surface area contributed by atoms with Crippen LogP contribution in [0.4, 0.5) is 4.39 Å². The summed E-state index contributed by atoms with van der Waals surface area (Å²) in [4.78, 5) is 12.0. The number of rotatable bonds is 6. The molecule has 19 heavy (non-hydrogen) atoms. The maximum atomic E-state index is 13.5. The van der Waals surface area contributed by atoms with Crippen molar-refractivity contribution in [2.24, 2.45) is 11.7 Å². The Morgan fingerprint density at radius 2 is 2.05 bits per heavy atom. The lowest BCUT2D eigenvalue weighted by atomic mass is 9.90. The quantitative estimate of drug-likeness (QED) is 0.829. The Hall–Kier alpha value is -1.42. The van der Waals surface area contributed by atoms with Crippen molar-refractivity contribution in [3.8, 4) is 0 Å². The molecule has 0 saturated carbocycles. The molecule has 0 bridgehead atoms. The predicted octanol–water partition coefficient (Wildman–Crippen LogP) is 2.25. The molecule has 0 aromatic heterocycles. The largest absolute Gasteiger partial charge is 0.349 e. The number of nitrogens with one attached hydrogen (secondary N) is 1. The number of nitrogens with two attached hydrogens (primary N) is 1. The van der Waals surface area contributed by atoms with Crippen LogP contribution in [-0.4, -0.2) is 18.0 Å². The Morgan fingerprint density at radius 1 is 1.42 bits per heavy atom. The lowest BCUT2D eigenvalue weighted by Crippen LogP contribution is -2.52. The van der Waals surface area contributed by atoms with E-state index >= 15 is 0 Å². The first-order chi connectivity index (χ1) is 8.86. The smallest absolute Gasteiger partial charge is 0.224 e. The van der Waals surface area contributed by atoms with Gasteiger partial charge in [-0.1, -0.05) is 32.0 Å². The molecule has 3 nitrogen and oxygen atoms in total. The van der Waals surface area contributed by atoms with Crippen molar-refractivity contribution >= 4 is 5.91 Å². The van der Waals surface area contributed by atoms with E-state index in [2.05, 4.69) is 19.2 Å². The standard InChI is InChI=1S/C15H23FN2O/c1-11(2)9-15(3,10-17)18-14(19)8-12-6-4-5-7-13(12)16/h4-7,11H,8-10,17H2,1-3H3,(H,18,19). The van der Waals surface area contributed by atoms with Gasteiger partial charge < -0.3 is 11.1 Å². The van der Waals surface area contributed by atoms with E-state index < -0.39 is 5.54 Å². The number of amides is 1. The van der Waals surface area contributed by atoms with Crippen LogP contribution in [0.1, 0.15) is 32.8 Å². The maximum absolute atomic E-state index is 13.5. The maximum Gasteiger partial charge on any atom is 0.224 e. The van der Waals surface area contributed by atoms with Crippen molar-refractivity contribution in [3.05, 3.63) is 35.6 Å². The van der Waals surface area contributed by atoms with Crippen LogP contribution in [0.3, 0.4) is 0 Å². The highest BCUT2D eigenvalue weighted by atomic mass is 19.1. The topological polar surface area (TPSA) is 55.1 Å². The fourth-order valence-electron chi connectivity index (χ4n) is 2.28. The molecule has 0 aliphatic heterocycles. The molecule has 0 saturated heterocycles. The van der Waals surface area contributed by atoms with Crippen LogP contribution in [-0.2, 0) is 11.2 Å². The van der Waals surface area contributed by atoms with Gasteiger partial charge in [-0.2, -0.15) is 0 Å². The molecule has 1 rings (SSSR count). The molecule has 3 N–H and O–H groups in total. The van der Waals surface area contributed by atoms with Gasteiger partial charge in [0.2, 0.25) is 5.91 Å². The van der Waals surface area contributed by atoms with Gasteiger partial charge in [-0.25, -0.2) is 4.39 Å². The molecule has 0 spiro atoms. The Kier molecular flexibility index (Phi) is 5.48. The summed E-state index contributed by atoms with van der Waals surface area (Å²) >= 11 is 0. The fourth-order valence-corrected chi connectivity index (χ4v) is 2.28. The molecule has 1 amide bonds. The Bertz CT molecular complexity index is 434. The molecule has 4 heteroatoms. The molecule has 1 aromatic rings. The lowest BCUT2D eigenvalue weighted by Gasteiger charge is -2.31. The molecule has 0 radical (unpaired) electrons. The van der Waals surface area contributed by atoms with Crippen molar-refractivity contribution < 1.29 is 9.18 Å². The third-order valence-corrected chi connectivity index (χ3v) is 3.06. The summed E-state index contributed by atoms with van der Waals surface area (Å²) < 4.78 is 13.5. The highest BCUT2D eigenvalue weighted by molar-refractivity contribution is 5.79. The van der Waals surface area contributed by atoms with Crippen LogP contribution in [0, 0.1) is 11.7 Å². The number of halogens is 1. The van der Waals surface area contributed by atoms with Crippen LogP contribution in [0.15, 0.2) is 24.3 Å². The number of benzene rings is 1. The van der Waals surface area contributed by atoms with Gasteiger partial charge in [-0.3, -0.25) is 4.79 Å². The monoisotopic (exact) mass is 266 g/mol. The zero-order valence-corrected chi connectivity index (χ0v) is 11.9. The van der Waals surface area contributed by atoms with Gasteiger partial charge in [0.05, 0.1) is 6.42 Å². The van der Waals surface area contributed by atoms with Gasteiger partial charge in [-0.05, 0) is 30.9 Å². The molecule has 106 valence electrons. The molecular weight excluding hydrogens is 243 g/mol. The Morgan fingerprint density at radius 3 is 2.58 bits per heavy atom. The summed E-state index contributed by atoms with van der Waals surface area (Å²) in [7, 11) is 0. The molecule has 1 unspecified atom stereocenters. The van der Waals surface area contributed by atoms with Crippen LogP contribution in [0.25, 0.3) is 0 Å². The summed E-state index contributed by atoms with van der Waals surface area (Å²) in [5, 5.41) is 2.92. The molecule has 0 fully saturated rings. The van der Waals surface area contributed by atoms with E-state index in [4.69, 9.17) is 5.73 Å². The summed E-state index contributed by atoms with van der Waals surface area (Å²) in [5.74, 6) is -0.114. The first kappa shape index (κ1) is 15.6. The van der Waals surface area contributed by atoms with Gasteiger partial charge in [0.25, 0.3) is 0 Å². The van der Waals surface area contributed by atoms with E-state index in [0.29, 0.717) is 18.0 Å². The van der Waals surface area contributed by atoms with E-state index in [0.717, 1.165) is 6.42 Å². The first-order valence-electron chi connectivity index (χ1n) is 6.61. The van der Waals surface area contributed by atoms with Crippen molar-refractivity contribution in [2.45, 2.75) is 39.2 Å². The summed E-state index contributed by atoms with van der Waals surface area (Å²) in [6, 6.07) is 6.32. The number of carbonyl (C=O) groups is 1. The minimum atomic E-state index is -0.434. The molecule has 0 aliphatic carbocycles. The van der Waals surface area contributed by atoms with E-state index in [-0.39, 0.29) is 18.1 Å². The van der Waals surface area contributed by atoms with Crippen molar-refractivity contribution in [2.75, 3.05) is 6.54 Å². The van der Waals surface area contributed by atoms with Crippen LogP contribution in [0.2, 0.25) is 0 Å². The average molecular weight is 266 g/mol. The zero-order valence-electron chi connectivity index (χ0n) is 11.9. The average Bonchev–Trinajstić information content (AvgIpc) is 2.31. The number of carbonyl (C=O) groups excluding carboxylic acids is 1. The van der Waals surface area contributed by atoms with Gasteiger partial charge in [0.1, 0.15) is 5.82 Å². The third kappa shape index (κ3) is 4.99. The minimum absolute atomic E-state index is 0.0420. The highest BCUT2D eigenvalue weighted by Crippen LogP contribution is 2.16. The number of hydrogen-bond donors (Lipinski definition) is 2. The van der Waals surface area contributed by atoms with E-state index in [9.17, 15) is 9.18 Å². The molecule has 0 aliphatic rings. The summed E-state index contributed by atoms with van der Waals surface area (Å²) in [6.45, 7) is 6.45. The normalized spacial score (nSPS) is 14.2. The third-order valence-electron chi connectivity index (χ3n) is 3.06. The Labute approximate surface area is 114 Å². The van der Waals surface area contributed by atoms with Gasteiger partial charge >= 0.3 is 0 Å². The number of hydrogen-bond acceptors (Lipinski definition) is 2. The molecule has 1 atom stereocenters. The van der Waals surface area contributed by atoms with Gasteiger partial charge in [0.15, 0.2) is 0 Å². The second-order valence-corrected chi connectivity index (χ2v) is 5.68. The van der Waals surface area contributed by atoms with E-state index in [1.54, 1.807) is 18.2 Å². The molecule has 1 aromatic carbocycles. The van der Waals surface area contributed by atoms with Crippen LogP contribution >= 0.6 is 0 Å². The zero-order chi connectivity index (χ0) is 14.5. The highest BCUT2D eigenvalue weighted by Gasteiger charge is 2.25. The SMILES string of the molecule is CC(C)CC(C)(CN)NC(=O)Cc1ccccc1F. The first-order valence-corrected chi connectivity index (χ1v) is 6.61. The minimum Gasteiger partial charge on any atom is -0.349 e.